The molecule has 0 aliphatic carbocycles. The Kier molecular flexibility index (Phi) is 4.62. The van der Waals surface area contributed by atoms with Crippen LogP contribution in [0.25, 0.3) is 16.7 Å². The van der Waals surface area contributed by atoms with Crippen LogP contribution in [0, 0.1) is 0 Å². The lowest BCUT2D eigenvalue weighted by Gasteiger charge is -2.13. The van der Waals surface area contributed by atoms with Crippen molar-refractivity contribution in [2.24, 2.45) is 0 Å². The highest BCUT2D eigenvalue weighted by atomic mass is 16.2. The minimum absolute atomic E-state index is 0.0140. The molecule has 1 aliphatic heterocycles. The highest BCUT2D eigenvalue weighted by Crippen LogP contribution is 2.22. The highest BCUT2D eigenvalue weighted by molar-refractivity contribution is 5.89. The third-order valence-corrected chi connectivity index (χ3v) is 4.98. The summed E-state index contributed by atoms with van der Waals surface area (Å²) in [5.41, 5.74) is 2.95. The van der Waals surface area contributed by atoms with Crippen molar-refractivity contribution in [3.05, 3.63) is 60.4 Å². The fourth-order valence-corrected chi connectivity index (χ4v) is 3.56. The van der Waals surface area contributed by atoms with Crippen LogP contribution in [0.2, 0.25) is 0 Å². The van der Waals surface area contributed by atoms with Crippen molar-refractivity contribution < 1.29 is 9.59 Å². The van der Waals surface area contributed by atoms with Crippen molar-refractivity contribution in [2.45, 2.75) is 25.3 Å². The van der Waals surface area contributed by atoms with E-state index in [9.17, 15) is 9.59 Å². The molecule has 2 heterocycles. The lowest BCUT2D eigenvalue weighted by atomic mass is 10.2. The Morgan fingerprint density at radius 3 is 2.63 bits per heavy atom. The Hall–Kier alpha value is -3.15. The summed E-state index contributed by atoms with van der Waals surface area (Å²) in [6.07, 6.45) is 1.47. The first kappa shape index (κ1) is 17.3. The van der Waals surface area contributed by atoms with Crippen molar-refractivity contribution >= 4 is 22.8 Å². The van der Waals surface area contributed by atoms with Crippen LogP contribution in [0.4, 0.5) is 0 Å². The molecule has 0 spiro atoms. The van der Waals surface area contributed by atoms with E-state index < -0.39 is 6.04 Å². The number of hydrogen-bond acceptors (Lipinski definition) is 3. The molecule has 1 aliphatic rings. The summed E-state index contributed by atoms with van der Waals surface area (Å²) >= 11 is 0. The molecule has 138 valence electrons. The van der Waals surface area contributed by atoms with Gasteiger partial charge in [-0.1, -0.05) is 30.3 Å². The molecule has 1 N–H and O–H groups in total. The van der Waals surface area contributed by atoms with Crippen LogP contribution in [-0.4, -0.2) is 45.9 Å². The summed E-state index contributed by atoms with van der Waals surface area (Å²) < 4.78 is 2.09. The van der Waals surface area contributed by atoms with Crippen molar-refractivity contribution in [3.8, 4) is 5.69 Å². The van der Waals surface area contributed by atoms with Gasteiger partial charge in [0.25, 0.3) is 0 Å². The number of para-hydroxylation sites is 3. The summed E-state index contributed by atoms with van der Waals surface area (Å²) in [7, 11) is 1.76. The number of carbonyl (C=O) groups is 2. The minimum atomic E-state index is -0.393. The van der Waals surface area contributed by atoms with E-state index in [1.807, 2.05) is 54.6 Å². The van der Waals surface area contributed by atoms with Crippen LogP contribution in [0.15, 0.2) is 54.6 Å². The number of benzene rings is 2. The van der Waals surface area contributed by atoms with Gasteiger partial charge in [-0.3, -0.25) is 14.2 Å². The van der Waals surface area contributed by atoms with Gasteiger partial charge in [-0.2, -0.15) is 0 Å². The second-order valence-corrected chi connectivity index (χ2v) is 6.86. The Labute approximate surface area is 157 Å². The number of likely N-dealkylation sites (tertiary alicyclic amines) is 1. The molecule has 1 saturated heterocycles. The average molecular weight is 362 g/mol. The summed E-state index contributed by atoms with van der Waals surface area (Å²) in [5, 5.41) is 2.86. The Balaban J connectivity index is 1.54. The largest absolute Gasteiger partial charge is 0.344 e. The van der Waals surface area contributed by atoms with E-state index in [2.05, 4.69) is 9.88 Å². The molecule has 2 aromatic carbocycles. The molecule has 0 bridgehead atoms. The number of nitrogens with zero attached hydrogens (tertiary/aromatic N) is 3. The molecule has 0 radical (unpaired) electrons. The molecule has 6 nitrogen and oxygen atoms in total. The molecule has 0 saturated carbocycles. The molecular formula is C21H22N4O2. The number of rotatable bonds is 5. The number of aromatic nitrogens is 2. The average Bonchev–Trinajstić information content (AvgIpc) is 3.22. The van der Waals surface area contributed by atoms with Gasteiger partial charge in [-0.05, 0) is 30.7 Å². The lowest BCUT2D eigenvalue weighted by Crippen LogP contribution is -2.40. The Morgan fingerprint density at radius 2 is 1.89 bits per heavy atom. The number of amides is 2. The molecule has 1 fully saturated rings. The standard InChI is InChI=1S/C21H22N4O2/c1-24-14-13-17(21(24)27)23-20(26)12-11-19-22-16-9-5-6-10-18(16)25(19)15-7-3-2-4-8-15/h2-10,17H,11-14H2,1H3,(H,23,26). The quantitative estimate of drug-likeness (QED) is 0.757. The topological polar surface area (TPSA) is 67.2 Å². The maximum absolute atomic E-state index is 12.4. The monoisotopic (exact) mass is 362 g/mol. The van der Waals surface area contributed by atoms with E-state index >= 15 is 0 Å². The van der Waals surface area contributed by atoms with Crippen LogP contribution >= 0.6 is 0 Å². The van der Waals surface area contributed by atoms with Crippen molar-refractivity contribution in [3.63, 3.8) is 0 Å². The van der Waals surface area contributed by atoms with Gasteiger partial charge in [-0.25, -0.2) is 4.98 Å². The zero-order valence-electron chi connectivity index (χ0n) is 15.3. The Bertz CT molecular complexity index is 980. The molecule has 4 rings (SSSR count). The van der Waals surface area contributed by atoms with Crippen molar-refractivity contribution in [2.75, 3.05) is 13.6 Å². The summed E-state index contributed by atoms with van der Waals surface area (Å²) in [6, 6.07) is 17.6. The first-order valence-corrected chi connectivity index (χ1v) is 9.19. The number of carbonyl (C=O) groups excluding carboxylic acids is 2. The molecule has 3 aromatic rings. The lowest BCUT2D eigenvalue weighted by molar-refractivity contribution is -0.131. The molecule has 1 unspecified atom stereocenters. The summed E-state index contributed by atoms with van der Waals surface area (Å²) in [6.45, 7) is 0.688. The molecule has 1 atom stereocenters. The number of likely N-dealkylation sites (N-methyl/N-ethyl adjacent to an activating group) is 1. The second kappa shape index (κ2) is 7.23. The van der Waals surface area contributed by atoms with Crippen LogP contribution in [0.5, 0.6) is 0 Å². The second-order valence-electron chi connectivity index (χ2n) is 6.86. The number of hydrogen-bond donors (Lipinski definition) is 1. The maximum Gasteiger partial charge on any atom is 0.244 e. The smallest absolute Gasteiger partial charge is 0.244 e. The van der Waals surface area contributed by atoms with E-state index in [4.69, 9.17) is 4.98 Å². The van der Waals surface area contributed by atoms with Gasteiger partial charge in [-0.15, -0.1) is 0 Å². The Morgan fingerprint density at radius 1 is 1.15 bits per heavy atom. The van der Waals surface area contributed by atoms with E-state index in [0.29, 0.717) is 25.8 Å². The first-order valence-electron chi connectivity index (χ1n) is 9.19. The SMILES string of the molecule is CN1CCC(NC(=O)CCc2nc3ccccc3n2-c2ccccc2)C1=O. The normalized spacial score (nSPS) is 16.9. The van der Waals surface area contributed by atoms with Gasteiger partial charge in [0.1, 0.15) is 11.9 Å². The molecular weight excluding hydrogens is 340 g/mol. The molecule has 27 heavy (non-hydrogen) atoms. The van der Waals surface area contributed by atoms with Crippen LogP contribution in [0.3, 0.4) is 0 Å². The predicted octanol–water partition coefficient (Wildman–Crippen LogP) is 2.30. The minimum Gasteiger partial charge on any atom is -0.344 e. The third kappa shape index (κ3) is 3.43. The zero-order chi connectivity index (χ0) is 18.8. The maximum atomic E-state index is 12.4. The van der Waals surface area contributed by atoms with E-state index in [-0.39, 0.29) is 11.8 Å². The van der Waals surface area contributed by atoms with Gasteiger partial charge >= 0.3 is 0 Å². The fraction of sp³-hybridized carbons (Fsp3) is 0.286. The van der Waals surface area contributed by atoms with E-state index in [0.717, 1.165) is 22.5 Å². The van der Waals surface area contributed by atoms with Gasteiger partial charge in [0.2, 0.25) is 11.8 Å². The predicted molar refractivity (Wildman–Crippen MR) is 104 cm³/mol. The van der Waals surface area contributed by atoms with Crippen LogP contribution in [-0.2, 0) is 16.0 Å². The summed E-state index contributed by atoms with van der Waals surface area (Å²) in [4.78, 5) is 30.7. The van der Waals surface area contributed by atoms with Crippen molar-refractivity contribution in [1.82, 2.24) is 19.8 Å². The van der Waals surface area contributed by atoms with Gasteiger partial charge in [0, 0.05) is 32.1 Å². The van der Waals surface area contributed by atoms with Crippen LogP contribution < -0.4 is 5.32 Å². The first-order chi connectivity index (χ1) is 13.1. The zero-order valence-corrected chi connectivity index (χ0v) is 15.3. The van der Waals surface area contributed by atoms with Gasteiger partial charge < -0.3 is 10.2 Å². The van der Waals surface area contributed by atoms with Crippen molar-refractivity contribution in [1.29, 1.82) is 0 Å². The van der Waals surface area contributed by atoms with E-state index in [1.165, 1.54) is 0 Å². The number of fused-ring (bicyclic) bond motifs is 1. The molecule has 2 amide bonds. The number of aryl methyl sites for hydroxylation is 1. The highest BCUT2D eigenvalue weighted by Gasteiger charge is 2.30. The molecule has 6 heteroatoms. The third-order valence-electron chi connectivity index (χ3n) is 4.98. The molecule has 1 aromatic heterocycles. The fourth-order valence-electron chi connectivity index (χ4n) is 3.56. The summed E-state index contributed by atoms with van der Waals surface area (Å²) in [5.74, 6) is 0.711. The van der Waals surface area contributed by atoms with Crippen LogP contribution in [0.1, 0.15) is 18.7 Å². The number of nitrogens with one attached hydrogen (secondary N) is 1. The van der Waals surface area contributed by atoms with E-state index in [1.54, 1.807) is 11.9 Å². The van der Waals surface area contributed by atoms with Gasteiger partial charge in [0.05, 0.1) is 11.0 Å². The number of imidazole rings is 1. The van der Waals surface area contributed by atoms with Gasteiger partial charge in [0.15, 0.2) is 0 Å².